The van der Waals surface area contributed by atoms with E-state index in [1.165, 1.54) is 0 Å². The second-order valence-electron chi connectivity index (χ2n) is 5.49. The van der Waals surface area contributed by atoms with Gasteiger partial charge in [-0.25, -0.2) is 0 Å². The molecule has 0 aliphatic carbocycles. The fraction of sp³-hybridized carbons (Fsp3) is 0.500. The van der Waals surface area contributed by atoms with Crippen molar-refractivity contribution in [2.24, 2.45) is 5.92 Å². The first-order valence-corrected chi connectivity index (χ1v) is 7.43. The molecule has 114 valence electrons. The van der Waals surface area contributed by atoms with Crippen LogP contribution in [0.5, 0.6) is 0 Å². The van der Waals surface area contributed by atoms with Crippen LogP contribution in [0.3, 0.4) is 0 Å². The van der Waals surface area contributed by atoms with Crippen LogP contribution in [-0.4, -0.2) is 32.0 Å². The summed E-state index contributed by atoms with van der Waals surface area (Å²) in [6.07, 6.45) is 1.57. The van der Waals surface area contributed by atoms with E-state index in [2.05, 4.69) is 10.6 Å². The highest BCUT2D eigenvalue weighted by atomic mass is 16.2. The first-order chi connectivity index (χ1) is 10.1. The first-order valence-electron chi connectivity index (χ1n) is 7.43. The minimum Gasteiger partial charge on any atom is -0.352 e. The summed E-state index contributed by atoms with van der Waals surface area (Å²) in [5.41, 5.74) is 1.98. The molecule has 1 aromatic carbocycles. The average molecular weight is 289 g/mol. The van der Waals surface area contributed by atoms with Crippen LogP contribution >= 0.6 is 0 Å². The number of nitrogens with zero attached hydrogens (tertiary/aromatic N) is 1. The van der Waals surface area contributed by atoms with Crippen LogP contribution in [0.15, 0.2) is 24.3 Å². The number of benzene rings is 1. The largest absolute Gasteiger partial charge is 0.352 e. The van der Waals surface area contributed by atoms with Crippen LogP contribution in [0.25, 0.3) is 0 Å². The molecule has 0 aromatic heterocycles. The van der Waals surface area contributed by atoms with Crippen molar-refractivity contribution in [3.63, 3.8) is 0 Å². The summed E-state index contributed by atoms with van der Waals surface area (Å²) in [6, 6.07) is 7.82. The summed E-state index contributed by atoms with van der Waals surface area (Å²) < 4.78 is 0. The maximum absolute atomic E-state index is 11.8. The van der Waals surface area contributed by atoms with E-state index in [9.17, 15) is 9.59 Å². The molecule has 2 N–H and O–H groups in total. The SMILES string of the molecule is CNCC(C)C(=O)NCc1ccc(N2CCCC2=O)cc1. The van der Waals surface area contributed by atoms with Gasteiger partial charge in [0.2, 0.25) is 11.8 Å². The molecular formula is C16H23N3O2. The Balaban J connectivity index is 1.88. The second kappa shape index (κ2) is 7.22. The normalized spacial score (nSPS) is 16.1. The van der Waals surface area contributed by atoms with Gasteiger partial charge >= 0.3 is 0 Å². The first kappa shape index (κ1) is 15.5. The molecule has 0 spiro atoms. The van der Waals surface area contributed by atoms with Gasteiger partial charge in [-0.1, -0.05) is 19.1 Å². The highest BCUT2D eigenvalue weighted by Gasteiger charge is 2.21. The lowest BCUT2D eigenvalue weighted by Crippen LogP contribution is -2.33. The highest BCUT2D eigenvalue weighted by Crippen LogP contribution is 2.21. The third-order valence-corrected chi connectivity index (χ3v) is 3.75. The van der Waals surface area contributed by atoms with Crippen LogP contribution in [0.4, 0.5) is 5.69 Å². The lowest BCUT2D eigenvalue weighted by atomic mass is 10.1. The van der Waals surface area contributed by atoms with Gasteiger partial charge in [0.1, 0.15) is 0 Å². The molecule has 1 unspecified atom stereocenters. The van der Waals surface area contributed by atoms with Gasteiger partial charge in [0.05, 0.1) is 0 Å². The van der Waals surface area contributed by atoms with Crippen molar-refractivity contribution in [2.45, 2.75) is 26.3 Å². The van der Waals surface area contributed by atoms with Crippen LogP contribution < -0.4 is 15.5 Å². The summed E-state index contributed by atoms with van der Waals surface area (Å²) >= 11 is 0. The number of amides is 2. The maximum atomic E-state index is 11.8. The van der Waals surface area contributed by atoms with Gasteiger partial charge in [-0.3, -0.25) is 9.59 Å². The van der Waals surface area contributed by atoms with Crippen LogP contribution in [0, 0.1) is 5.92 Å². The number of carbonyl (C=O) groups excluding carboxylic acids is 2. The van der Waals surface area contributed by atoms with Crippen LogP contribution in [-0.2, 0) is 16.1 Å². The number of hydrogen-bond donors (Lipinski definition) is 2. The molecule has 1 aliphatic heterocycles. The summed E-state index contributed by atoms with van der Waals surface area (Å²) in [4.78, 5) is 25.3. The van der Waals surface area contributed by atoms with Crippen molar-refractivity contribution in [3.8, 4) is 0 Å². The quantitative estimate of drug-likeness (QED) is 0.829. The molecule has 5 nitrogen and oxygen atoms in total. The van der Waals surface area contributed by atoms with E-state index < -0.39 is 0 Å². The zero-order valence-corrected chi connectivity index (χ0v) is 12.7. The Bertz CT molecular complexity index is 499. The third kappa shape index (κ3) is 4.04. The molecule has 1 saturated heterocycles. The topological polar surface area (TPSA) is 61.4 Å². The third-order valence-electron chi connectivity index (χ3n) is 3.75. The van der Waals surface area contributed by atoms with Crippen LogP contribution in [0.2, 0.25) is 0 Å². The van der Waals surface area contributed by atoms with Gasteiger partial charge in [0.15, 0.2) is 0 Å². The highest BCUT2D eigenvalue weighted by molar-refractivity contribution is 5.95. The number of nitrogens with one attached hydrogen (secondary N) is 2. The smallest absolute Gasteiger partial charge is 0.227 e. The monoisotopic (exact) mass is 289 g/mol. The van der Waals surface area contributed by atoms with Crippen molar-refractivity contribution >= 4 is 17.5 Å². The van der Waals surface area contributed by atoms with E-state index in [0.717, 1.165) is 24.2 Å². The minimum absolute atomic E-state index is 0.0446. The summed E-state index contributed by atoms with van der Waals surface area (Å²) in [6.45, 7) is 3.88. The molecule has 1 aliphatic rings. The standard InChI is InChI=1S/C16H23N3O2/c1-12(10-17-2)16(21)18-11-13-5-7-14(8-6-13)19-9-3-4-15(19)20/h5-8,12,17H,3-4,9-11H2,1-2H3,(H,18,21). The Morgan fingerprint density at radius 3 is 2.62 bits per heavy atom. The van der Waals surface area contributed by atoms with E-state index in [0.29, 0.717) is 19.5 Å². The molecule has 0 saturated carbocycles. The van der Waals surface area contributed by atoms with E-state index in [-0.39, 0.29) is 17.7 Å². The van der Waals surface area contributed by atoms with E-state index in [1.54, 1.807) is 0 Å². The van der Waals surface area contributed by atoms with Gasteiger partial charge < -0.3 is 15.5 Å². The zero-order valence-electron chi connectivity index (χ0n) is 12.7. The Kier molecular flexibility index (Phi) is 5.33. The predicted octanol–water partition coefficient (Wildman–Crippen LogP) is 1.29. The number of rotatable bonds is 6. The summed E-state index contributed by atoms with van der Waals surface area (Å²) in [5, 5.41) is 5.91. The van der Waals surface area contributed by atoms with Crippen molar-refractivity contribution in [1.29, 1.82) is 0 Å². The molecule has 5 heteroatoms. The fourth-order valence-electron chi connectivity index (χ4n) is 2.48. The average Bonchev–Trinajstić information content (AvgIpc) is 2.91. The van der Waals surface area contributed by atoms with Crippen molar-refractivity contribution in [2.75, 3.05) is 25.0 Å². The molecule has 1 atom stereocenters. The molecule has 2 rings (SSSR count). The number of hydrogen-bond acceptors (Lipinski definition) is 3. The predicted molar refractivity (Wildman–Crippen MR) is 83.0 cm³/mol. The Morgan fingerprint density at radius 1 is 1.33 bits per heavy atom. The van der Waals surface area contributed by atoms with Crippen molar-refractivity contribution < 1.29 is 9.59 Å². The maximum Gasteiger partial charge on any atom is 0.227 e. The zero-order chi connectivity index (χ0) is 15.2. The summed E-state index contributed by atoms with van der Waals surface area (Å²) in [5.74, 6) is 0.191. The number of carbonyl (C=O) groups is 2. The Labute approximate surface area is 125 Å². The van der Waals surface area contributed by atoms with E-state index in [4.69, 9.17) is 0 Å². The van der Waals surface area contributed by atoms with Gasteiger partial charge in [-0.2, -0.15) is 0 Å². The number of anilines is 1. The molecule has 0 radical (unpaired) electrons. The van der Waals surface area contributed by atoms with Crippen LogP contribution in [0.1, 0.15) is 25.3 Å². The van der Waals surface area contributed by atoms with E-state index >= 15 is 0 Å². The molecule has 1 aromatic rings. The lowest BCUT2D eigenvalue weighted by molar-refractivity contribution is -0.124. The molecule has 0 bridgehead atoms. The van der Waals surface area contributed by atoms with Gasteiger partial charge in [0.25, 0.3) is 0 Å². The van der Waals surface area contributed by atoms with Gasteiger partial charge in [-0.15, -0.1) is 0 Å². The van der Waals surface area contributed by atoms with Gasteiger partial charge in [0, 0.05) is 37.7 Å². The van der Waals surface area contributed by atoms with Gasteiger partial charge in [-0.05, 0) is 31.2 Å². The molecule has 21 heavy (non-hydrogen) atoms. The molecule has 1 heterocycles. The molecule has 2 amide bonds. The minimum atomic E-state index is -0.0449. The Hall–Kier alpha value is -1.88. The fourth-order valence-corrected chi connectivity index (χ4v) is 2.48. The molecule has 1 fully saturated rings. The Morgan fingerprint density at radius 2 is 2.05 bits per heavy atom. The van der Waals surface area contributed by atoms with Crippen molar-refractivity contribution in [3.05, 3.63) is 29.8 Å². The van der Waals surface area contributed by atoms with Crippen molar-refractivity contribution in [1.82, 2.24) is 10.6 Å². The lowest BCUT2D eigenvalue weighted by Gasteiger charge is -2.16. The second-order valence-corrected chi connectivity index (χ2v) is 5.49. The van der Waals surface area contributed by atoms with E-state index in [1.807, 2.05) is 43.1 Å². The molecular weight excluding hydrogens is 266 g/mol. The summed E-state index contributed by atoms with van der Waals surface area (Å²) in [7, 11) is 1.84.